The van der Waals surface area contributed by atoms with Gasteiger partial charge in [0.2, 0.25) is 0 Å². The van der Waals surface area contributed by atoms with Gasteiger partial charge in [0.15, 0.2) is 30.9 Å². The minimum absolute atomic E-state index is 1.59. The van der Waals surface area contributed by atoms with Gasteiger partial charge in [0.1, 0.15) is 0 Å². The van der Waals surface area contributed by atoms with Gasteiger partial charge < -0.3 is 0 Å². The zero-order valence-corrected chi connectivity index (χ0v) is 6.43. The van der Waals surface area contributed by atoms with Crippen molar-refractivity contribution in [2.24, 2.45) is 5.92 Å². The fraction of sp³-hybridized carbons (Fsp3) is 0.750. The Hall–Kier alpha value is -0.790. The lowest BCUT2D eigenvalue weighted by Crippen LogP contribution is -2.52. The van der Waals surface area contributed by atoms with Crippen molar-refractivity contribution in [3.63, 3.8) is 0 Å². The summed E-state index contributed by atoms with van der Waals surface area (Å²) in [5.41, 5.74) is 0. The molecule has 0 bridgehead atoms. The van der Waals surface area contributed by atoms with Crippen LogP contribution in [0.4, 0.5) is 22.0 Å². The summed E-state index contributed by atoms with van der Waals surface area (Å²) in [4.78, 5) is 0. The maximum Gasteiger partial charge on any atom is 0.168 e. The number of rotatable bonds is 0. The first-order valence-electron chi connectivity index (χ1n) is 3.67. The highest BCUT2D eigenvalue weighted by Crippen LogP contribution is 2.35. The van der Waals surface area contributed by atoms with Crippen LogP contribution in [0.2, 0.25) is 0 Å². The van der Waals surface area contributed by atoms with Crippen LogP contribution < -0.4 is 0 Å². The van der Waals surface area contributed by atoms with E-state index in [4.69, 9.17) is 0 Å². The van der Waals surface area contributed by atoms with Crippen molar-refractivity contribution in [3.8, 4) is 12.3 Å². The highest BCUT2D eigenvalue weighted by atomic mass is 19.2. The van der Waals surface area contributed by atoms with E-state index in [9.17, 15) is 22.0 Å². The van der Waals surface area contributed by atoms with E-state index < -0.39 is 36.8 Å². The molecule has 0 heterocycles. The second-order valence-corrected chi connectivity index (χ2v) is 2.91. The molecule has 1 fully saturated rings. The van der Waals surface area contributed by atoms with Gasteiger partial charge in [-0.05, 0) is 0 Å². The molecule has 1 rings (SSSR count). The summed E-state index contributed by atoms with van der Waals surface area (Å²) >= 11 is 0. The summed E-state index contributed by atoms with van der Waals surface area (Å²) < 4.78 is 63.1. The molecule has 1 saturated carbocycles. The van der Waals surface area contributed by atoms with Gasteiger partial charge in [-0.15, -0.1) is 6.42 Å². The lowest BCUT2D eigenvalue weighted by atomic mass is 9.83. The van der Waals surface area contributed by atoms with Gasteiger partial charge in [-0.3, -0.25) is 0 Å². The average molecular weight is 198 g/mol. The molecule has 0 aromatic carbocycles. The van der Waals surface area contributed by atoms with Crippen molar-refractivity contribution in [2.75, 3.05) is 0 Å². The molecule has 0 radical (unpaired) electrons. The maximum absolute atomic E-state index is 12.8. The van der Waals surface area contributed by atoms with E-state index in [1.807, 2.05) is 0 Å². The van der Waals surface area contributed by atoms with Crippen molar-refractivity contribution in [1.29, 1.82) is 0 Å². The molecule has 0 spiro atoms. The van der Waals surface area contributed by atoms with Crippen LogP contribution in [-0.2, 0) is 0 Å². The molecule has 5 heteroatoms. The van der Waals surface area contributed by atoms with Crippen molar-refractivity contribution < 1.29 is 22.0 Å². The van der Waals surface area contributed by atoms with Crippen LogP contribution >= 0.6 is 0 Å². The molecule has 0 aromatic heterocycles. The Morgan fingerprint density at radius 2 is 1.00 bits per heavy atom. The Morgan fingerprint density at radius 3 is 1.31 bits per heavy atom. The van der Waals surface area contributed by atoms with E-state index in [2.05, 4.69) is 6.42 Å². The second-order valence-electron chi connectivity index (χ2n) is 2.91. The normalized spacial score (nSPS) is 51.4. The molecule has 0 amide bonds. The van der Waals surface area contributed by atoms with Crippen LogP contribution in [0.15, 0.2) is 0 Å². The predicted molar refractivity (Wildman–Crippen MR) is 36.8 cm³/mol. The largest absolute Gasteiger partial charge is 0.243 e. The van der Waals surface area contributed by atoms with Gasteiger partial charge in [-0.2, -0.15) is 0 Å². The molecule has 0 aromatic rings. The Kier molecular flexibility index (Phi) is 2.79. The maximum atomic E-state index is 12.8. The lowest BCUT2D eigenvalue weighted by Gasteiger charge is -2.33. The molecule has 0 aliphatic heterocycles. The molecule has 13 heavy (non-hydrogen) atoms. The SMILES string of the molecule is C#CC1C(F)C(F)C(F)C(F)C1F. The monoisotopic (exact) mass is 198 g/mol. The molecule has 1 aliphatic carbocycles. The first kappa shape index (κ1) is 10.3. The minimum Gasteiger partial charge on any atom is -0.243 e. The minimum atomic E-state index is -2.77. The summed E-state index contributed by atoms with van der Waals surface area (Å²) in [5, 5.41) is 0. The van der Waals surface area contributed by atoms with E-state index >= 15 is 0 Å². The molecular weight excluding hydrogens is 191 g/mol. The second kappa shape index (κ2) is 3.52. The third-order valence-corrected chi connectivity index (χ3v) is 2.10. The van der Waals surface area contributed by atoms with E-state index in [0.29, 0.717) is 0 Å². The first-order chi connectivity index (χ1) is 6.00. The lowest BCUT2D eigenvalue weighted by molar-refractivity contribution is -0.0721. The number of alkyl halides is 5. The number of hydrogen-bond donors (Lipinski definition) is 0. The quantitative estimate of drug-likeness (QED) is 0.412. The zero-order chi connectivity index (χ0) is 10.2. The topological polar surface area (TPSA) is 0 Å². The highest BCUT2D eigenvalue weighted by molar-refractivity contribution is 5.10. The third-order valence-electron chi connectivity index (χ3n) is 2.10. The van der Waals surface area contributed by atoms with E-state index in [0.717, 1.165) is 0 Å². The predicted octanol–water partition coefficient (Wildman–Crippen LogP) is 1.94. The van der Waals surface area contributed by atoms with Crippen molar-refractivity contribution in [2.45, 2.75) is 30.9 Å². The van der Waals surface area contributed by atoms with Crippen molar-refractivity contribution in [3.05, 3.63) is 0 Å². The Bertz CT molecular complexity index is 207. The number of hydrogen-bond acceptors (Lipinski definition) is 0. The van der Waals surface area contributed by atoms with E-state index in [-0.39, 0.29) is 0 Å². The Balaban J connectivity index is 2.87. The summed E-state index contributed by atoms with van der Waals surface area (Å²) in [6.07, 6.45) is -8.40. The van der Waals surface area contributed by atoms with Crippen LogP contribution in [0, 0.1) is 18.3 Å². The Labute approximate surface area is 72.1 Å². The van der Waals surface area contributed by atoms with Crippen LogP contribution in [0.25, 0.3) is 0 Å². The fourth-order valence-electron chi connectivity index (χ4n) is 1.28. The van der Waals surface area contributed by atoms with Gasteiger partial charge in [-0.1, -0.05) is 5.92 Å². The number of terminal acetylenes is 1. The number of halogens is 5. The zero-order valence-electron chi connectivity index (χ0n) is 6.43. The van der Waals surface area contributed by atoms with Crippen LogP contribution in [0.5, 0.6) is 0 Å². The first-order valence-corrected chi connectivity index (χ1v) is 3.67. The van der Waals surface area contributed by atoms with Gasteiger partial charge in [0.05, 0.1) is 5.92 Å². The molecule has 74 valence electrons. The average Bonchev–Trinajstić information content (AvgIpc) is 2.13. The van der Waals surface area contributed by atoms with Crippen LogP contribution in [0.3, 0.4) is 0 Å². The summed E-state index contributed by atoms with van der Waals surface area (Å²) in [5.74, 6) is -0.248. The van der Waals surface area contributed by atoms with Gasteiger partial charge in [0.25, 0.3) is 0 Å². The summed E-state index contributed by atoms with van der Waals surface area (Å²) in [6.45, 7) is 0. The summed E-state index contributed by atoms with van der Waals surface area (Å²) in [6, 6.07) is 0. The standard InChI is InChI=1S/C8H7F5/c1-2-3-4(9)6(11)8(13)7(12)5(3)10/h1,3-8H. The highest BCUT2D eigenvalue weighted by Gasteiger charge is 2.52. The fourth-order valence-corrected chi connectivity index (χ4v) is 1.28. The summed E-state index contributed by atoms with van der Waals surface area (Å²) in [7, 11) is 0. The molecule has 0 N–H and O–H groups in total. The molecule has 4 atom stereocenters. The van der Waals surface area contributed by atoms with Gasteiger partial charge in [-0.25, -0.2) is 22.0 Å². The van der Waals surface area contributed by atoms with Crippen molar-refractivity contribution >= 4 is 0 Å². The molecule has 1 aliphatic rings. The van der Waals surface area contributed by atoms with E-state index in [1.165, 1.54) is 0 Å². The third kappa shape index (κ3) is 1.50. The van der Waals surface area contributed by atoms with Crippen molar-refractivity contribution in [1.82, 2.24) is 0 Å². The molecule has 0 nitrogen and oxygen atoms in total. The molecule has 0 saturated heterocycles. The van der Waals surface area contributed by atoms with Crippen LogP contribution in [0.1, 0.15) is 0 Å². The molecular formula is C8H7F5. The Morgan fingerprint density at radius 1 is 0.692 bits per heavy atom. The van der Waals surface area contributed by atoms with Gasteiger partial charge in [0, 0.05) is 0 Å². The van der Waals surface area contributed by atoms with Crippen LogP contribution in [-0.4, -0.2) is 30.9 Å². The van der Waals surface area contributed by atoms with E-state index in [1.54, 1.807) is 5.92 Å². The van der Waals surface area contributed by atoms with Gasteiger partial charge >= 0.3 is 0 Å². The molecule has 4 unspecified atom stereocenters. The smallest absolute Gasteiger partial charge is 0.168 e.